The Morgan fingerprint density at radius 2 is 2.18 bits per heavy atom. The highest BCUT2D eigenvalue weighted by molar-refractivity contribution is 5.90. The Morgan fingerprint density at radius 3 is 2.82 bits per heavy atom. The van der Waals surface area contributed by atoms with Crippen molar-refractivity contribution in [3.05, 3.63) is 29.7 Å². The summed E-state index contributed by atoms with van der Waals surface area (Å²) >= 11 is 0. The van der Waals surface area contributed by atoms with Crippen molar-refractivity contribution in [2.75, 3.05) is 18.0 Å². The van der Waals surface area contributed by atoms with Crippen molar-refractivity contribution in [3.8, 4) is 5.75 Å². The third kappa shape index (κ3) is 2.12. The summed E-state index contributed by atoms with van der Waals surface area (Å²) in [5.74, 6) is 0.168. The lowest BCUT2D eigenvalue weighted by molar-refractivity contribution is 0.0726. The summed E-state index contributed by atoms with van der Waals surface area (Å²) in [5, 5.41) is 9.42. The van der Waals surface area contributed by atoms with Gasteiger partial charge in [0, 0.05) is 18.5 Å². The van der Waals surface area contributed by atoms with Gasteiger partial charge in [-0.25, -0.2) is 9.78 Å². The summed E-state index contributed by atoms with van der Waals surface area (Å²) in [6.07, 6.45) is 4.45. The lowest BCUT2D eigenvalue weighted by Crippen LogP contribution is -2.48. The van der Waals surface area contributed by atoms with E-state index in [4.69, 9.17) is 4.74 Å². The number of carbonyl (C=O) groups is 2. The number of anilines is 1. The molecule has 0 radical (unpaired) electrons. The molecule has 1 aliphatic carbocycles. The van der Waals surface area contributed by atoms with E-state index in [1.165, 1.54) is 19.0 Å². The zero-order valence-electron chi connectivity index (χ0n) is 11.7. The van der Waals surface area contributed by atoms with Gasteiger partial charge in [0.05, 0.1) is 6.20 Å². The van der Waals surface area contributed by atoms with Gasteiger partial charge in [0.1, 0.15) is 11.5 Å². The molecule has 2 aliphatic rings. The fourth-order valence-corrected chi connectivity index (χ4v) is 2.67. The van der Waals surface area contributed by atoms with E-state index >= 15 is 0 Å². The van der Waals surface area contributed by atoms with Gasteiger partial charge in [0.25, 0.3) is 0 Å². The second kappa shape index (κ2) is 4.62. The minimum atomic E-state index is -0.688. The number of rotatable bonds is 4. The fourth-order valence-electron chi connectivity index (χ4n) is 2.67. The maximum Gasteiger partial charge on any atom is 0.366 e. The largest absolute Gasteiger partial charge is 0.419 e. The van der Waals surface area contributed by atoms with E-state index in [2.05, 4.69) is 25.3 Å². The maximum atomic E-state index is 11.8. The molecule has 4 rings (SSSR count). The molecular weight excluding hydrogens is 286 g/mol. The number of nitrogens with one attached hydrogen (secondary N) is 1. The van der Waals surface area contributed by atoms with Gasteiger partial charge >= 0.3 is 5.97 Å². The van der Waals surface area contributed by atoms with E-state index in [1.54, 1.807) is 12.1 Å². The van der Waals surface area contributed by atoms with Crippen molar-refractivity contribution in [2.45, 2.75) is 12.8 Å². The average Bonchev–Trinajstić information content (AvgIpc) is 3.11. The average molecular weight is 299 g/mol. The number of aldehydes is 1. The van der Waals surface area contributed by atoms with Gasteiger partial charge in [0.15, 0.2) is 17.7 Å². The highest BCUT2D eigenvalue weighted by Crippen LogP contribution is 2.53. The van der Waals surface area contributed by atoms with E-state index < -0.39 is 5.97 Å². The van der Waals surface area contributed by atoms with Gasteiger partial charge in [-0.1, -0.05) is 5.21 Å². The molecule has 8 nitrogen and oxygen atoms in total. The number of pyridine rings is 1. The molecule has 1 saturated carbocycles. The predicted molar refractivity (Wildman–Crippen MR) is 74.8 cm³/mol. The summed E-state index contributed by atoms with van der Waals surface area (Å²) in [4.78, 5) is 29.4. The van der Waals surface area contributed by atoms with Crippen LogP contribution in [0.1, 0.15) is 33.8 Å². The molecule has 3 heterocycles. The van der Waals surface area contributed by atoms with Gasteiger partial charge in [-0.15, -0.1) is 5.10 Å². The van der Waals surface area contributed by atoms with Gasteiger partial charge in [-0.2, -0.15) is 0 Å². The van der Waals surface area contributed by atoms with Crippen LogP contribution in [0.15, 0.2) is 18.3 Å². The van der Waals surface area contributed by atoms with Crippen LogP contribution in [0.5, 0.6) is 5.75 Å². The van der Waals surface area contributed by atoms with Gasteiger partial charge < -0.3 is 9.64 Å². The number of aromatic nitrogens is 4. The fraction of sp³-hybridized carbons (Fsp3) is 0.357. The van der Waals surface area contributed by atoms with Crippen molar-refractivity contribution in [1.82, 2.24) is 20.4 Å². The van der Waals surface area contributed by atoms with Crippen LogP contribution in [0.3, 0.4) is 0 Å². The third-order valence-corrected chi connectivity index (χ3v) is 4.15. The Hall–Kier alpha value is -2.77. The first-order valence-corrected chi connectivity index (χ1v) is 6.99. The molecule has 0 bridgehead atoms. The molecule has 0 aromatic carbocycles. The molecule has 2 aromatic rings. The van der Waals surface area contributed by atoms with Gasteiger partial charge in [-0.3, -0.25) is 9.89 Å². The van der Waals surface area contributed by atoms with Crippen LogP contribution in [0.4, 0.5) is 5.82 Å². The number of hydrogen-bond donors (Lipinski definition) is 1. The SMILES string of the molecule is O=Cc1nc(N2CC3(CC3)C2)ccc1OC(=O)c1c[nH]nn1. The molecule has 8 heteroatoms. The first kappa shape index (κ1) is 12.9. The molecule has 0 amide bonds. The molecule has 1 aliphatic heterocycles. The molecule has 1 saturated heterocycles. The quantitative estimate of drug-likeness (QED) is 0.659. The van der Waals surface area contributed by atoms with Gasteiger partial charge in [0.2, 0.25) is 0 Å². The Bertz CT molecular complexity index is 731. The molecule has 2 fully saturated rings. The highest BCUT2D eigenvalue weighted by Gasteiger charge is 2.52. The highest BCUT2D eigenvalue weighted by atomic mass is 16.5. The lowest BCUT2D eigenvalue weighted by Gasteiger charge is -2.41. The summed E-state index contributed by atoms with van der Waals surface area (Å²) in [6, 6.07) is 3.34. The predicted octanol–water partition coefficient (Wildman–Crippen LogP) is 0.832. The molecule has 2 aromatic heterocycles. The molecule has 1 spiro atoms. The van der Waals surface area contributed by atoms with Crippen LogP contribution in [0, 0.1) is 5.41 Å². The van der Waals surface area contributed by atoms with E-state index in [1.807, 2.05) is 0 Å². The van der Waals surface area contributed by atoms with E-state index in [0.717, 1.165) is 18.9 Å². The van der Waals surface area contributed by atoms with E-state index in [9.17, 15) is 9.59 Å². The van der Waals surface area contributed by atoms with Crippen LogP contribution in [-0.2, 0) is 0 Å². The lowest BCUT2D eigenvalue weighted by atomic mass is 9.97. The summed E-state index contributed by atoms with van der Waals surface area (Å²) in [5.41, 5.74) is 0.645. The van der Waals surface area contributed by atoms with Crippen LogP contribution < -0.4 is 9.64 Å². The van der Waals surface area contributed by atoms with Crippen molar-refractivity contribution < 1.29 is 14.3 Å². The first-order valence-electron chi connectivity index (χ1n) is 6.99. The number of hydrogen-bond acceptors (Lipinski definition) is 7. The summed E-state index contributed by atoms with van der Waals surface area (Å²) < 4.78 is 5.15. The second-order valence-electron chi connectivity index (χ2n) is 5.77. The zero-order chi connectivity index (χ0) is 15.2. The monoisotopic (exact) mass is 299 g/mol. The number of carbonyl (C=O) groups excluding carboxylic acids is 2. The molecule has 112 valence electrons. The van der Waals surface area contributed by atoms with Crippen molar-refractivity contribution >= 4 is 18.1 Å². The molecule has 1 N–H and O–H groups in total. The molecule has 0 unspecified atom stereocenters. The Morgan fingerprint density at radius 1 is 1.36 bits per heavy atom. The van der Waals surface area contributed by atoms with Crippen molar-refractivity contribution in [3.63, 3.8) is 0 Å². The molecule has 0 atom stereocenters. The van der Waals surface area contributed by atoms with Crippen LogP contribution in [0.25, 0.3) is 0 Å². The standard InChI is InChI=1S/C14H13N5O3/c20-6-10-11(22-13(21)9-5-15-18-17-9)1-2-12(16-10)19-7-14(8-19)3-4-14/h1-2,5-6H,3-4,7-8H2,(H,15,17,18). The third-order valence-electron chi connectivity index (χ3n) is 4.15. The Kier molecular flexibility index (Phi) is 2.72. The molecular formula is C14H13N5O3. The number of esters is 1. The minimum Gasteiger partial charge on any atom is -0.419 e. The van der Waals surface area contributed by atoms with Gasteiger partial charge in [-0.05, 0) is 25.0 Å². The first-order chi connectivity index (χ1) is 10.7. The van der Waals surface area contributed by atoms with Crippen LogP contribution in [0.2, 0.25) is 0 Å². The number of H-pyrrole nitrogens is 1. The second-order valence-corrected chi connectivity index (χ2v) is 5.77. The zero-order valence-corrected chi connectivity index (χ0v) is 11.7. The Labute approximate surface area is 125 Å². The van der Waals surface area contributed by atoms with E-state index in [-0.39, 0.29) is 17.1 Å². The van der Waals surface area contributed by atoms with Crippen LogP contribution in [-0.4, -0.2) is 45.7 Å². The number of aromatic amines is 1. The molecule has 22 heavy (non-hydrogen) atoms. The maximum absolute atomic E-state index is 11.8. The topological polar surface area (TPSA) is 101 Å². The van der Waals surface area contributed by atoms with Crippen molar-refractivity contribution in [1.29, 1.82) is 0 Å². The Balaban J connectivity index is 1.52. The smallest absolute Gasteiger partial charge is 0.366 e. The summed E-state index contributed by atoms with van der Waals surface area (Å²) in [7, 11) is 0. The van der Waals surface area contributed by atoms with Crippen LogP contribution >= 0.6 is 0 Å². The summed E-state index contributed by atoms with van der Waals surface area (Å²) in [6.45, 7) is 1.97. The normalized spacial score (nSPS) is 17.9. The van der Waals surface area contributed by atoms with E-state index in [0.29, 0.717) is 11.7 Å². The minimum absolute atomic E-state index is 0.0411. The van der Waals surface area contributed by atoms with Crippen molar-refractivity contribution in [2.24, 2.45) is 5.41 Å². The number of ether oxygens (including phenoxy) is 1. The number of nitrogens with zero attached hydrogens (tertiary/aromatic N) is 4.